The number of rotatable bonds is 5. The summed E-state index contributed by atoms with van der Waals surface area (Å²) in [4.78, 5) is 19.2. The summed E-state index contributed by atoms with van der Waals surface area (Å²) < 4.78 is 5.84. The van der Waals surface area contributed by atoms with Crippen LogP contribution in [0, 0.1) is 0 Å². The van der Waals surface area contributed by atoms with Gasteiger partial charge in [-0.3, -0.25) is 9.78 Å². The zero-order valence-electron chi connectivity index (χ0n) is 13.5. The fourth-order valence-electron chi connectivity index (χ4n) is 2.81. The minimum Gasteiger partial charge on any atom is -0.491 e. The molecule has 0 spiro atoms. The molecule has 23 heavy (non-hydrogen) atoms. The summed E-state index contributed by atoms with van der Waals surface area (Å²) in [5, 5.41) is 4.14. The number of fused-ring (bicyclic) bond motifs is 1. The third kappa shape index (κ3) is 3.45. The Balaban J connectivity index is 1.92. The number of amides is 1. The smallest absolute Gasteiger partial charge is 0.254 e. The largest absolute Gasteiger partial charge is 0.491 e. The number of carbonyl (C=O) groups is 1. The summed E-state index contributed by atoms with van der Waals surface area (Å²) in [5.74, 6) is 0.829. The van der Waals surface area contributed by atoms with E-state index in [0.717, 1.165) is 55.7 Å². The van der Waals surface area contributed by atoms with Gasteiger partial charge in [0.05, 0.1) is 6.61 Å². The molecule has 0 bridgehead atoms. The highest BCUT2D eigenvalue weighted by molar-refractivity contribution is 6.07. The third-order valence-corrected chi connectivity index (χ3v) is 4.12. The highest BCUT2D eigenvalue weighted by Crippen LogP contribution is 2.27. The Kier molecular flexibility index (Phi) is 5.08. The molecule has 1 aromatic heterocycles. The van der Waals surface area contributed by atoms with Gasteiger partial charge < -0.3 is 15.0 Å². The van der Waals surface area contributed by atoms with Crippen molar-refractivity contribution in [3.05, 3.63) is 36.0 Å². The molecule has 0 unspecified atom stereocenters. The Morgan fingerprint density at radius 1 is 1.30 bits per heavy atom. The second-order valence-electron chi connectivity index (χ2n) is 5.76. The molecule has 122 valence electrons. The Labute approximate surface area is 136 Å². The van der Waals surface area contributed by atoms with Crippen molar-refractivity contribution in [2.75, 3.05) is 32.8 Å². The van der Waals surface area contributed by atoms with Crippen molar-refractivity contribution < 1.29 is 9.53 Å². The summed E-state index contributed by atoms with van der Waals surface area (Å²) in [6.07, 6.45) is 3.84. The first kappa shape index (κ1) is 15.7. The Morgan fingerprint density at radius 3 is 2.91 bits per heavy atom. The van der Waals surface area contributed by atoms with Crippen LogP contribution in [0.5, 0.6) is 5.75 Å². The molecule has 2 heterocycles. The molecule has 1 aliphatic rings. The van der Waals surface area contributed by atoms with Crippen LogP contribution in [0.3, 0.4) is 0 Å². The summed E-state index contributed by atoms with van der Waals surface area (Å²) in [6, 6.07) is 7.56. The highest BCUT2D eigenvalue weighted by Gasteiger charge is 2.21. The molecule has 0 radical (unpaired) electrons. The minimum atomic E-state index is 0.0737. The summed E-state index contributed by atoms with van der Waals surface area (Å²) in [6.45, 7) is 5.99. The molecular formula is C18H23N3O2. The van der Waals surface area contributed by atoms with E-state index in [-0.39, 0.29) is 5.91 Å². The van der Waals surface area contributed by atoms with E-state index in [1.807, 2.05) is 29.2 Å². The van der Waals surface area contributed by atoms with E-state index in [4.69, 9.17) is 4.74 Å². The lowest BCUT2D eigenvalue weighted by Crippen LogP contribution is -2.46. The molecule has 5 nitrogen and oxygen atoms in total. The average Bonchev–Trinajstić information content (AvgIpc) is 2.62. The predicted molar refractivity (Wildman–Crippen MR) is 90.9 cm³/mol. The van der Waals surface area contributed by atoms with Gasteiger partial charge in [0.2, 0.25) is 0 Å². The molecule has 1 aliphatic heterocycles. The van der Waals surface area contributed by atoms with Gasteiger partial charge >= 0.3 is 0 Å². The van der Waals surface area contributed by atoms with Crippen molar-refractivity contribution in [1.82, 2.24) is 15.2 Å². The zero-order valence-corrected chi connectivity index (χ0v) is 13.5. The van der Waals surface area contributed by atoms with Crippen molar-refractivity contribution in [3.63, 3.8) is 0 Å². The maximum absolute atomic E-state index is 12.8. The number of piperazine rings is 1. The van der Waals surface area contributed by atoms with E-state index in [1.54, 1.807) is 6.20 Å². The monoisotopic (exact) mass is 313 g/mol. The van der Waals surface area contributed by atoms with E-state index in [2.05, 4.69) is 17.2 Å². The topological polar surface area (TPSA) is 54.5 Å². The van der Waals surface area contributed by atoms with Crippen molar-refractivity contribution in [2.45, 2.75) is 19.8 Å². The number of pyridine rings is 1. The summed E-state index contributed by atoms with van der Waals surface area (Å²) in [7, 11) is 0. The van der Waals surface area contributed by atoms with Crippen molar-refractivity contribution in [3.8, 4) is 5.75 Å². The molecule has 5 heteroatoms. The maximum Gasteiger partial charge on any atom is 0.254 e. The van der Waals surface area contributed by atoms with E-state index in [0.29, 0.717) is 12.2 Å². The predicted octanol–water partition coefficient (Wildman–Crippen LogP) is 2.46. The van der Waals surface area contributed by atoms with Crippen LogP contribution >= 0.6 is 0 Å². The molecule has 1 fully saturated rings. The van der Waals surface area contributed by atoms with E-state index in [1.165, 1.54) is 0 Å². The molecule has 2 aromatic rings. The first-order valence-corrected chi connectivity index (χ1v) is 8.32. The van der Waals surface area contributed by atoms with Crippen molar-refractivity contribution in [2.24, 2.45) is 0 Å². The van der Waals surface area contributed by atoms with Crippen LogP contribution < -0.4 is 10.1 Å². The fourth-order valence-corrected chi connectivity index (χ4v) is 2.81. The quantitative estimate of drug-likeness (QED) is 0.862. The molecule has 1 saturated heterocycles. The van der Waals surface area contributed by atoms with Crippen LogP contribution in [-0.2, 0) is 0 Å². The number of aromatic nitrogens is 1. The van der Waals surface area contributed by atoms with Crippen molar-refractivity contribution >= 4 is 16.8 Å². The number of nitrogens with one attached hydrogen (secondary N) is 1. The molecule has 0 aliphatic carbocycles. The van der Waals surface area contributed by atoms with Gasteiger partial charge in [-0.05, 0) is 24.6 Å². The van der Waals surface area contributed by atoms with Crippen LogP contribution in [-0.4, -0.2) is 48.6 Å². The normalized spacial score (nSPS) is 14.9. The highest BCUT2D eigenvalue weighted by atomic mass is 16.5. The van der Waals surface area contributed by atoms with Gasteiger partial charge in [0.25, 0.3) is 5.91 Å². The molecule has 1 amide bonds. The molecule has 3 rings (SSSR count). The number of nitrogens with zero attached hydrogens (tertiary/aromatic N) is 2. The molecule has 1 aromatic carbocycles. The number of carbonyl (C=O) groups excluding carboxylic acids is 1. The van der Waals surface area contributed by atoms with Gasteiger partial charge in [-0.25, -0.2) is 0 Å². The van der Waals surface area contributed by atoms with Crippen LogP contribution in [0.2, 0.25) is 0 Å². The zero-order chi connectivity index (χ0) is 16.1. The second-order valence-corrected chi connectivity index (χ2v) is 5.76. The summed E-state index contributed by atoms with van der Waals surface area (Å²) in [5.41, 5.74) is 1.47. The lowest BCUT2D eigenvalue weighted by molar-refractivity contribution is 0.0738. The Bertz CT molecular complexity index is 681. The molecule has 1 N–H and O–H groups in total. The van der Waals surface area contributed by atoms with E-state index < -0.39 is 0 Å². The van der Waals surface area contributed by atoms with Crippen LogP contribution in [0.25, 0.3) is 10.9 Å². The van der Waals surface area contributed by atoms with Gasteiger partial charge in [0, 0.05) is 43.3 Å². The Hall–Kier alpha value is -2.14. The maximum atomic E-state index is 12.8. The fraction of sp³-hybridized carbons (Fsp3) is 0.444. The first-order valence-electron chi connectivity index (χ1n) is 8.32. The van der Waals surface area contributed by atoms with Gasteiger partial charge in [0.1, 0.15) is 11.3 Å². The number of hydrogen-bond donors (Lipinski definition) is 1. The Morgan fingerprint density at radius 2 is 2.13 bits per heavy atom. The van der Waals surface area contributed by atoms with Crippen LogP contribution in [0.1, 0.15) is 30.1 Å². The minimum absolute atomic E-state index is 0.0737. The van der Waals surface area contributed by atoms with Gasteiger partial charge in [-0.15, -0.1) is 0 Å². The number of hydrogen-bond acceptors (Lipinski definition) is 4. The lowest BCUT2D eigenvalue weighted by Gasteiger charge is -2.28. The first-order chi connectivity index (χ1) is 11.3. The van der Waals surface area contributed by atoms with Gasteiger partial charge in [-0.2, -0.15) is 0 Å². The molecule has 0 saturated carbocycles. The lowest BCUT2D eigenvalue weighted by atomic mass is 10.1. The van der Waals surface area contributed by atoms with E-state index in [9.17, 15) is 4.79 Å². The number of unbranched alkanes of at least 4 members (excludes halogenated alkanes) is 1. The van der Waals surface area contributed by atoms with Crippen LogP contribution in [0.15, 0.2) is 30.5 Å². The number of benzene rings is 1. The van der Waals surface area contributed by atoms with Gasteiger partial charge in [0.15, 0.2) is 0 Å². The summed E-state index contributed by atoms with van der Waals surface area (Å²) >= 11 is 0. The van der Waals surface area contributed by atoms with Gasteiger partial charge in [-0.1, -0.05) is 19.4 Å². The van der Waals surface area contributed by atoms with Crippen LogP contribution in [0.4, 0.5) is 0 Å². The SMILES string of the molecule is CCCCOc1ccc(C(=O)N2CCNCC2)c2cccnc12. The standard InChI is InChI=1S/C18H23N3O2/c1-2-3-13-23-16-7-6-15(14-5-4-8-20-17(14)16)18(22)21-11-9-19-10-12-21/h4-8,19H,2-3,9-13H2,1H3. The number of ether oxygens (including phenoxy) is 1. The van der Waals surface area contributed by atoms with Crippen molar-refractivity contribution in [1.29, 1.82) is 0 Å². The van der Waals surface area contributed by atoms with E-state index >= 15 is 0 Å². The second kappa shape index (κ2) is 7.42. The molecular weight excluding hydrogens is 290 g/mol. The molecule has 0 atom stereocenters. The average molecular weight is 313 g/mol. The third-order valence-electron chi connectivity index (χ3n) is 4.12.